The Morgan fingerprint density at radius 3 is 2.88 bits per heavy atom. The number of benzene rings is 1. The molecule has 3 nitrogen and oxygen atoms in total. The van der Waals surface area contributed by atoms with Crippen molar-refractivity contribution in [3.05, 3.63) is 35.4 Å². The van der Waals surface area contributed by atoms with Gasteiger partial charge in [-0.05, 0) is 30.9 Å². The molecule has 5 heteroatoms. The first kappa shape index (κ1) is 12.4. The average molecular weight is 242 g/mol. The normalized spacial score (nSPS) is 21.7. The molecule has 1 aromatic rings. The van der Waals surface area contributed by atoms with Crippen molar-refractivity contribution < 1.29 is 13.5 Å². The SMILES string of the molecule is NNC(Cc1ccc(F)cc1F)C1CCCO1. The second-order valence-corrected chi connectivity index (χ2v) is 4.26. The van der Waals surface area contributed by atoms with Gasteiger partial charge in [-0.3, -0.25) is 11.3 Å². The van der Waals surface area contributed by atoms with E-state index in [0.717, 1.165) is 25.5 Å². The Morgan fingerprint density at radius 2 is 2.29 bits per heavy atom. The molecule has 1 saturated heterocycles. The molecule has 2 unspecified atom stereocenters. The number of hydrazine groups is 1. The molecule has 1 heterocycles. The van der Waals surface area contributed by atoms with Crippen LogP contribution in [0.1, 0.15) is 18.4 Å². The zero-order valence-corrected chi connectivity index (χ0v) is 9.46. The number of ether oxygens (including phenoxy) is 1. The number of nitrogens with two attached hydrogens (primary N) is 1. The van der Waals surface area contributed by atoms with E-state index in [2.05, 4.69) is 5.43 Å². The lowest BCUT2D eigenvalue weighted by Gasteiger charge is -2.22. The monoisotopic (exact) mass is 242 g/mol. The van der Waals surface area contributed by atoms with Gasteiger partial charge in [0.2, 0.25) is 0 Å². The summed E-state index contributed by atoms with van der Waals surface area (Å²) < 4.78 is 31.8. The molecule has 0 aliphatic carbocycles. The van der Waals surface area contributed by atoms with E-state index in [4.69, 9.17) is 10.6 Å². The minimum atomic E-state index is -0.569. The molecule has 1 aliphatic rings. The van der Waals surface area contributed by atoms with Crippen LogP contribution in [0, 0.1) is 11.6 Å². The predicted octanol–water partition coefficient (Wildman–Crippen LogP) is 1.52. The number of halogens is 2. The third-order valence-corrected chi connectivity index (χ3v) is 3.08. The zero-order chi connectivity index (χ0) is 12.3. The molecule has 0 spiro atoms. The van der Waals surface area contributed by atoms with Crippen molar-refractivity contribution in [2.24, 2.45) is 5.84 Å². The Labute approximate surface area is 98.9 Å². The third kappa shape index (κ3) is 3.00. The van der Waals surface area contributed by atoms with Crippen molar-refractivity contribution in [1.82, 2.24) is 5.43 Å². The molecule has 1 aliphatic heterocycles. The number of hydrogen-bond donors (Lipinski definition) is 2. The van der Waals surface area contributed by atoms with Gasteiger partial charge in [0.1, 0.15) is 11.6 Å². The van der Waals surface area contributed by atoms with Crippen LogP contribution in [0.15, 0.2) is 18.2 Å². The summed E-state index contributed by atoms with van der Waals surface area (Å²) in [6, 6.07) is 3.45. The van der Waals surface area contributed by atoms with Crippen molar-refractivity contribution in [1.29, 1.82) is 0 Å². The molecule has 0 saturated carbocycles. The lowest BCUT2D eigenvalue weighted by atomic mass is 9.99. The van der Waals surface area contributed by atoms with Crippen molar-refractivity contribution in [2.45, 2.75) is 31.4 Å². The number of rotatable bonds is 4. The Balaban J connectivity index is 2.06. The first-order valence-electron chi connectivity index (χ1n) is 5.72. The minimum absolute atomic E-state index is 0.00412. The predicted molar refractivity (Wildman–Crippen MR) is 60.1 cm³/mol. The number of nitrogens with one attached hydrogen (secondary N) is 1. The summed E-state index contributed by atoms with van der Waals surface area (Å²) in [5, 5.41) is 0. The first-order chi connectivity index (χ1) is 8.20. The Morgan fingerprint density at radius 1 is 1.47 bits per heavy atom. The highest BCUT2D eigenvalue weighted by atomic mass is 19.1. The maximum absolute atomic E-state index is 13.5. The van der Waals surface area contributed by atoms with Gasteiger partial charge in [0, 0.05) is 12.7 Å². The Bertz CT molecular complexity index is 381. The fraction of sp³-hybridized carbons (Fsp3) is 0.500. The Hall–Kier alpha value is -1.04. The number of hydrogen-bond acceptors (Lipinski definition) is 3. The van der Waals surface area contributed by atoms with Crippen LogP contribution in [0.3, 0.4) is 0 Å². The molecule has 17 heavy (non-hydrogen) atoms. The second-order valence-electron chi connectivity index (χ2n) is 4.26. The fourth-order valence-electron chi connectivity index (χ4n) is 2.14. The molecule has 0 aromatic heterocycles. The highest BCUT2D eigenvalue weighted by molar-refractivity contribution is 5.20. The van der Waals surface area contributed by atoms with E-state index in [1.807, 2.05) is 0 Å². The second kappa shape index (κ2) is 5.53. The van der Waals surface area contributed by atoms with Crippen LogP contribution < -0.4 is 11.3 Å². The van der Waals surface area contributed by atoms with Gasteiger partial charge in [-0.1, -0.05) is 6.07 Å². The van der Waals surface area contributed by atoms with Crippen molar-refractivity contribution in [3.63, 3.8) is 0 Å². The largest absolute Gasteiger partial charge is 0.377 e. The quantitative estimate of drug-likeness (QED) is 0.621. The summed E-state index contributed by atoms with van der Waals surface area (Å²) in [7, 11) is 0. The van der Waals surface area contributed by atoms with Gasteiger partial charge in [-0.2, -0.15) is 0 Å². The van der Waals surface area contributed by atoms with Gasteiger partial charge in [-0.25, -0.2) is 8.78 Å². The van der Waals surface area contributed by atoms with Gasteiger partial charge in [0.25, 0.3) is 0 Å². The molecule has 1 aromatic carbocycles. The van der Waals surface area contributed by atoms with Crippen LogP contribution >= 0.6 is 0 Å². The lowest BCUT2D eigenvalue weighted by molar-refractivity contribution is 0.0782. The van der Waals surface area contributed by atoms with E-state index < -0.39 is 11.6 Å². The standard InChI is InChI=1S/C12H16F2N2O/c13-9-4-3-8(10(14)7-9)6-11(16-15)12-2-1-5-17-12/h3-4,7,11-12,16H,1-2,5-6,15H2. The molecule has 3 N–H and O–H groups in total. The van der Waals surface area contributed by atoms with Crippen molar-refractivity contribution in [2.75, 3.05) is 6.61 Å². The molecule has 0 bridgehead atoms. The first-order valence-corrected chi connectivity index (χ1v) is 5.72. The maximum atomic E-state index is 13.5. The van der Waals surface area contributed by atoms with Crippen LogP contribution in [-0.2, 0) is 11.2 Å². The van der Waals surface area contributed by atoms with E-state index in [1.165, 1.54) is 12.1 Å². The molecule has 0 radical (unpaired) electrons. The molecule has 1 fully saturated rings. The lowest BCUT2D eigenvalue weighted by Crippen LogP contribution is -2.45. The van der Waals surface area contributed by atoms with Crippen LogP contribution in [0.2, 0.25) is 0 Å². The molecular formula is C12H16F2N2O. The summed E-state index contributed by atoms with van der Waals surface area (Å²) in [5.74, 6) is 4.35. The zero-order valence-electron chi connectivity index (χ0n) is 9.46. The van der Waals surface area contributed by atoms with E-state index in [-0.39, 0.29) is 12.1 Å². The summed E-state index contributed by atoms with van der Waals surface area (Å²) in [4.78, 5) is 0. The van der Waals surface area contributed by atoms with Crippen LogP contribution in [0.5, 0.6) is 0 Å². The van der Waals surface area contributed by atoms with Gasteiger partial charge in [0.05, 0.1) is 12.1 Å². The highest BCUT2D eigenvalue weighted by Crippen LogP contribution is 2.19. The van der Waals surface area contributed by atoms with E-state index in [1.54, 1.807) is 0 Å². The van der Waals surface area contributed by atoms with Gasteiger partial charge in [-0.15, -0.1) is 0 Å². The minimum Gasteiger partial charge on any atom is -0.377 e. The van der Waals surface area contributed by atoms with Gasteiger partial charge in [0.15, 0.2) is 0 Å². The maximum Gasteiger partial charge on any atom is 0.129 e. The Kier molecular flexibility index (Phi) is 4.04. The van der Waals surface area contributed by atoms with E-state index >= 15 is 0 Å². The van der Waals surface area contributed by atoms with Crippen LogP contribution in [0.25, 0.3) is 0 Å². The summed E-state index contributed by atoms with van der Waals surface area (Å²) in [6.07, 6.45) is 2.31. The van der Waals surface area contributed by atoms with Crippen molar-refractivity contribution >= 4 is 0 Å². The highest BCUT2D eigenvalue weighted by Gasteiger charge is 2.26. The van der Waals surface area contributed by atoms with E-state index in [0.29, 0.717) is 12.0 Å². The average Bonchev–Trinajstić information content (AvgIpc) is 2.81. The third-order valence-electron chi connectivity index (χ3n) is 3.08. The topological polar surface area (TPSA) is 47.3 Å². The fourth-order valence-corrected chi connectivity index (χ4v) is 2.14. The van der Waals surface area contributed by atoms with Crippen LogP contribution in [-0.4, -0.2) is 18.8 Å². The van der Waals surface area contributed by atoms with Gasteiger partial charge < -0.3 is 4.74 Å². The van der Waals surface area contributed by atoms with E-state index in [9.17, 15) is 8.78 Å². The summed E-state index contributed by atoms with van der Waals surface area (Å²) >= 11 is 0. The molecule has 0 amide bonds. The summed E-state index contributed by atoms with van der Waals surface area (Å²) in [6.45, 7) is 0.717. The molecule has 2 atom stereocenters. The van der Waals surface area contributed by atoms with Gasteiger partial charge >= 0.3 is 0 Å². The smallest absolute Gasteiger partial charge is 0.129 e. The molecule has 94 valence electrons. The van der Waals surface area contributed by atoms with Crippen LogP contribution in [0.4, 0.5) is 8.78 Å². The molecule has 2 rings (SSSR count). The molecular weight excluding hydrogens is 226 g/mol. The van der Waals surface area contributed by atoms with Crippen molar-refractivity contribution in [3.8, 4) is 0 Å². The summed E-state index contributed by atoms with van der Waals surface area (Å²) in [5.41, 5.74) is 3.10.